The fraction of sp³-hybridized carbons (Fsp3) is 0.333. The molecule has 0 saturated heterocycles. The third kappa shape index (κ3) is 3.84. The summed E-state index contributed by atoms with van der Waals surface area (Å²) in [6, 6.07) is 17.1. The molecule has 2 aromatic rings. The SMILES string of the molecule is CC(C)c1cccc(CC(C)c2ccc(Cl)cc2)c1. The van der Waals surface area contributed by atoms with E-state index >= 15 is 0 Å². The van der Waals surface area contributed by atoms with Crippen molar-refractivity contribution in [2.24, 2.45) is 0 Å². The van der Waals surface area contributed by atoms with Crippen molar-refractivity contribution >= 4 is 11.6 Å². The quantitative estimate of drug-likeness (QED) is 0.659. The maximum atomic E-state index is 5.93. The Hall–Kier alpha value is -1.27. The van der Waals surface area contributed by atoms with Crippen molar-refractivity contribution in [3.8, 4) is 0 Å². The molecular weight excluding hydrogens is 252 g/mol. The molecule has 0 aliphatic heterocycles. The van der Waals surface area contributed by atoms with E-state index in [-0.39, 0.29) is 0 Å². The van der Waals surface area contributed by atoms with Gasteiger partial charge in [-0.15, -0.1) is 0 Å². The fourth-order valence-corrected chi connectivity index (χ4v) is 2.47. The first-order valence-corrected chi connectivity index (χ1v) is 7.28. The van der Waals surface area contributed by atoms with Crippen molar-refractivity contribution in [2.75, 3.05) is 0 Å². The Balaban J connectivity index is 2.12. The molecule has 19 heavy (non-hydrogen) atoms. The molecule has 2 rings (SSSR count). The summed E-state index contributed by atoms with van der Waals surface area (Å²) in [4.78, 5) is 0. The Morgan fingerprint density at radius 1 is 0.895 bits per heavy atom. The molecule has 2 aromatic carbocycles. The van der Waals surface area contributed by atoms with E-state index in [1.165, 1.54) is 16.7 Å². The van der Waals surface area contributed by atoms with Crippen LogP contribution in [0.3, 0.4) is 0 Å². The molecule has 0 heterocycles. The first kappa shape index (κ1) is 14.1. The number of benzene rings is 2. The van der Waals surface area contributed by atoms with Crippen LogP contribution in [0.2, 0.25) is 5.02 Å². The van der Waals surface area contributed by atoms with Crippen LogP contribution in [0.4, 0.5) is 0 Å². The van der Waals surface area contributed by atoms with Crippen molar-refractivity contribution in [1.29, 1.82) is 0 Å². The average molecular weight is 273 g/mol. The lowest BCUT2D eigenvalue weighted by molar-refractivity contribution is 0.755. The largest absolute Gasteiger partial charge is 0.0843 e. The zero-order valence-electron chi connectivity index (χ0n) is 11.9. The molecule has 0 saturated carbocycles. The predicted octanol–water partition coefficient (Wildman–Crippen LogP) is 5.81. The van der Waals surface area contributed by atoms with Gasteiger partial charge in [0, 0.05) is 5.02 Å². The Labute approximate surface area is 121 Å². The van der Waals surface area contributed by atoms with Gasteiger partial charge in [0.2, 0.25) is 0 Å². The molecule has 0 spiro atoms. The molecule has 1 atom stereocenters. The maximum Gasteiger partial charge on any atom is 0.0406 e. The normalized spacial score (nSPS) is 12.7. The lowest BCUT2D eigenvalue weighted by Gasteiger charge is -2.14. The first-order chi connectivity index (χ1) is 9.06. The minimum Gasteiger partial charge on any atom is -0.0843 e. The Bertz CT molecular complexity index is 526. The van der Waals surface area contributed by atoms with E-state index in [0.29, 0.717) is 11.8 Å². The van der Waals surface area contributed by atoms with E-state index in [0.717, 1.165) is 11.4 Å². The van der Waals surface area contributed by atoms with E-state index in [1.807, 2.05) is 12.1 Å². The number of hydrogen-bond donors (Lipinski definition) is 0. The smallest absolute Gasteiger partial charge is 0.0406 e. The molecule has 0 bridgehead atoms. The second-order valence-electron chi connectivity index (χ2n) is 5.56. The highest BCUT2D eigenvalue weighted by Crippen LogP contribution is 2.24. The highest BCUT2D eigenvalue weighted by atomic mass is 35.5. The second kappa shape index (κ2) is 6.25. The van der Waals surface area contributed by atoms with Gasteiger partial charge >= 0.3 is 0 Å². The van der Waals surface area contributed by atoms with Crippen LogP contribution >= 0.6 is 11.6 Å². The number of rotatable bonds is 4. The average Bonchev–Trinajstić information content (AvgIpc) is 2.39. The Kier molecular flexibility index (Phi) is 4.66. The van der Waals surface area contributed by atoms with Gasteiger partial charge in [-0.05, 0) is 47.1 Å². The summed E-state index contributed by atoms with van der Waals surface area (Å²) < 4.78 is 0. The van der Waals surface area contributed by atoms with E-state index in [4.69, 9.17) is 11.6 Å². The van der Waals surface area contributed by atoms with Crippen molar-refractivity contribution in [3.63, 3.8) is 0 Å². The van der Waals surface area contributed by atoms with E-state index in [9.17, 15) is 0 Å². The molecular formula is C18H21Cl. The van der Waals surface area contributed by atoms with E-state index in [2.05, 4.69) is 57.2 Å². The standard InChI is InChI=1S/C18H21Cl/c1-13(2)17-6-4-5-15(12-17)11-14(3)16-7-9-18(19)10-8-16/h4-10,12-14H,11H2,1-3H3. The monoisotopic (exact) mass is 272 g/mol. The molecule has 1 heteroatoms. The maximum absolute atomic E-state index is 5.93. The molecule has 1 unspecified atom stereocenters. The van der Waals surface area contributed by atoms with Crippen LogP contribution < -0.4 is 0 Å². The third-order valence-corrected chi connectivity index (χ3v) is 3.85. The van der Waals surface area contributed by atoms with Crippen LogP contribution in [0.1, 0.15) is 49.3 Å². The molecule has 0 N–H and O–H groups in total. The van der Waals surface area contributed by atoms with Crippen LogP contribution in [0.25, 0.3) is 0 Å². The first-order valence-electron chi connectivity index (χ1n) is 6.90. The van der Waals surface area contributed by atoms with Gasteiger partial charge in [0.05, 0.1) is 0 Å². The summed E-state index contributed by atoms with van der Waals surface area (Å²) in [6.07, 6.45) is 1.07. The lowest BCUT2D eigenvalue weighted by Crippen LogP contribution is -1.99. The number of hydrogen-bond acceptors (Lipinski definition) is 0. The van der Waals surface area contributed by atoms with Crippen LogP contribution in [0, 0.1) is 0 Å². The van der Waals surface area contributed by atoms with Gasteiger partial charge in [-0.2, -0.15) is 0 Å². The Morgan fingerprint density at radius 2 is 1.58 bits per heavy atom. The van der Waals surface area contributed by atoms with Crippen molar-refractivity contribution in [3.05, 3.63) is 70.2 Å². The van der Waals surface area contributed by atoms with E-state index < -0.39 is 0 Å². The van der Waals surface area contributed by atoms with Gasteiger partial charge in [-0.1, -0.05) is 68.8 Å². The minimum atomic E-state index is 0.514. The Morgan fingerprint density at radius 3 is 2.21 bits per heavy atom. The minimum absolute atomic E-state index is 0.514. The summed E-state index contributed by atoms with van der Waals surface area (Å²) in [5.41, 5.74) is 4.17. The molecule has 100 valence electrons. The summed E-state index contributed by atoms with van der Waals surface area (Å²) >= 11 is 5.93. The summed E-state index contributed by atoms with van der Waals surface area (Å²) in [7, 11) is 0. The van der Waals surface area contributed by atoms with Crippen molar-refractivity contribution in [2.45, 2.75) is 39.0 Å². The van der Waals surface area contributed by atoms with Gasteiger partial charge < -0.3 is 0 Å². The summed E-state index contributed by atoms with van der Waals surface area (Å²) in [6.45, 7) is 6.74. The van der Waals surface area contributed by atoms with Gasteiger partial charge in [0.1, 0.15) is 0 Å². The lowest BCUT2D eigenvalue weighted by atomic mass is 9.92. The highest BCUT2D eigenvalue weighted by molar-refractivity contribution is 6.30. The summed E-state index contributed by atoms with van der Waals surface area (Å²) in [5, 5.41) is 0.803. The topological polar surface area (TPSA) is 0 Å². The molecule has 0 fully saturated rings. The van der Waals surface area contributed by atoms with Gasteiger partial charge in [0.15, 0.2) is 0 Å². The molecule has 0 aliphatic rings. The summed E-state index contributed by atoms with van der Waals surface area (Å²) in [5.74, 6) is 1.10. The highest BCUT2D eigenvalue weighted by Gasteiger charge is 2.08. The molecule has 0 aliphatic carbocycles. The molecule has 0 radical (unpaired) electrons. The zero-order valence-corrected chi connectivity index (χ0v) is 12.6. The van der Waals surface area contributed by atoms with Crippen LogP contribution in [0.15, 0.2) is 48.5 Å². The molecule has 0 aromatic heterocycles. The van der Waals surface area contributed by atoms with Crippen LogP contribution in [-0.4, -0.2) is 0 Å². The fourth-order valence-electron chi connectivity index (χ4n) is 2.34. The number of halogens is 1. The molecule has 0 nitrogen and oxygen atoms in total. The second-order valence-corrected chi connectivity index (χ2v) is 5.99. The van der Waals surface area contributed by atoms with Crippen molar-refractivity contribution < 1.29 is 0 Å². The van der Waals surface area contributed by atoms with Crippen molar-refractivity contribution in [1.82, 2.24) is 0 Å². The van der Waals surface area contributed by atoms with E-state index in [1.54, 1.807) is 0 Å². The third-order valence-electron chi connectivity index (χ3n) is 3.60. The van der Waals surface area contributed by atoms with Crippen LogP contribution in [-0.2, 0) is 6.42 Å². The van der Waals surface area contributed by atoms with Gasteiger partial charge in [-0.25, -0.2) is 0 Å². The van der Waals surface area contributed by atoms with Gasteiger partial charge in [0.25, 0.3) is 0 Å². The molecule has 0 amide bonds. The predicted molar refractivity (Wildman–Crippen MR) is 84.1 cm³/mol. The van der Waals surface area contributed by atoms with Crippen LogP contribution in [0.5, 0.6) is 0 Å². The van der Waals surface area contributed by atoms with Gasteiger partial charge in [-0.3, -0.25) is 0 Å². The zero-order chi connectivity index (χ0) is 13.8.